The molecule has 0 fully saturated rings. The molecule has 20 rings (SSSR count). The molecule has 4 aliphatic rings. The van der Waals surface area contributed by atoms with Gasteiger partial charge in [-0.05, 0) is 146 Å². The van der Waals surface area contributed by atoms with Gasteiger partial charge in [0.15, 0.2) is 0 Å². The maximum absolute atomic E-state index is 17.2. The number of halogens is 4. The Morgan fingerprint density at radius 2 is 0.698 bits per heavy atom. The second-order valence-electron chi connectivity index (χ2n) is 25.2. The summed E-state index contributed by atoms with van der Waals surface area (Å²) in [6.07, 6.45) is 0. The highest BCUT2D eigenvalue weighted by Gasteiger charge is 2.48. The molecule has 2 aromatic heterocycles. The van der Waals surface area contributed by atoms with Crippen LogP contribution in [0, 0.1) is 23.3 Å². The van der Waals surface area contributed by atoms with Crippen LogP contribution in [0.3, 0.4) is 0 Å². The highest BCUT2D eigenvalue weighted by molar-refractivity contribution is 7.02. The first-order chi connectivity index (χ1) is 47.3. The Balaban J connectivity index is 0.871. The Hall–Kier alpha value is -12.3. The molecule has 12 heteroatoms. The van der Waals surface area contributed by atoms with Crippen LogP contribution in [0.4, 0.5) is 68.7 Å². The molecule has 6 heterocycles. The van der Waals surface area contributed by atoms with E-state index in [1.54, 1.807) is 0 Å². The van der Waals surface area contributed by atoms with E-state index in [0.29, 0.717) is 17.2 Å². The van der Waals surface area contributed by atoms with E-state index < -0.39 is 36.7 Å². The van der Waals surface area contributed by atoms with Crippen LogP contribution in [0.1, 0.15) is 0 Å². The van der Waals surface area contributed by atoms with Gasteiger partial charge < -0.3 is 28.6 Å². The van der Waals surface area contributed by atoms with Crippen molar-refractivity contribution in [3.63, 3.8) is 0 Å². The van der Waals surface area contributed by atoms with Gasteiger partial charge in [0, 0.05) is 85.6 Å². The van der Waals surface area contributed by atoms with E-state index in [2.05, 4.69) is 196 Å². The monoisotopic (exact) mass is 1240 g/mol. The molecule has 14 aromatic carbocycles. The number of anilines is 9. The van der Waals surface area contributed by atoms with E-state index in [0.717, 1.165) is 156 Å². The lowest BCUT2D eigenvalue weighted by Gasteiger charge is -2.45. The van der Waals surface area contributed by atoms with E-state index in [1.165, 1.54) is 24.3 Å². The molecule has 0 aliphatic carbocycles. The van der Waals surface area contributed by atoms with Crippen molar-refractivity contribution in [1.29, 1.82) is 0 Å². The Kier molecular flexibility index (Phi) is 11.7. The number of benzene rings is 14. The van der Waals surface area contributed by atoms with Gasteiger partial charge in [-0.25, -0.2) is 17.6 Å². The predicted octanol–water partition coefficient (Wildman–Crippen LogP) is 18.3. The standard InChI is InChI=1S/C84H49B2F4N5O/c87-54-34-38-73(67(89)42-54)94-71-30-16-12-26-63(71)85-65-48-66-81(49-77(65)91(56-22-8-3-9-23-56)78-44-57(45-79(94)83(78)85)92-69-28-14-10-24-59(69)61-36-32-52(40-75(61)92)50-18-4-1-5-19-50)96-82-47-58(93-70-29-15-11-25-60(70)62-37-33-53(41-76(62)93)51-20-6-2-7-21-51)46-80-84(82)86(66)64-27-13-17-31-72(64)95(80)74-39-35-55(88)43-68(74)90/h1-49H. The Bertz CT molecular complexity index is 6000. The van der Waals surface area contributed by atoms with Crippen LogP contribution in [0.15, 0.2) is 297 Å². The molecule has 0 unspecified atom stereocenters. The third-order valence-electron chi connectivity index (χ3n) is 20.1. The molecule has 0 atom stereocenters. The van der Waals surface area contributed by atoms with Crippen molar-refractivity contribution < 1.29 is 22.3 Å². The molecule has 0 N–H and O–H groups in total. The molecule has 0 saturated carbocycles. The predicted molar refractivity (Wildman–Crippen MR) is 386 cm³/mol. The molecule has 0 amide bonds. The second-order valence-corrected chi connectivity index (χ2v) is 25.2. The average molecular weight is 1240 g/mol. The molecule has 0 saturated heterocycles. The number of ether oxygens (including phenoxy) is 1. The minimum Gasteiger partial charge on any atom is -0.458 e. The summed E-state index contributed by atoms with van der Waals surface area (Å²) >= 11 is 0. The van der Waals surface area contributed by atoms with Gasteiger partial charge in [0.2, 0.25) is 0 Å². The summed E-state index contributed by atoms with van der Waals surface area (Å²) in [5.41, 5.74) is 21.2. The highest BCUT2D eigenvalue weighted by atomic mass is 19.1. The molecule has 16 aromatic rings. The summed E-state index contributed by atoms with van der Waals surface area (Å²) in [7, 11) is 0. The zero-order valence-corrected chi connectivity index (χ0v) is 51.1. The third-order valence-corrected chi connectivity index (χ3v) is 20.1. The van der Waals surface area contributed by atoms with E-state index in [4.69, 9.17) is 4.74 Å². The summed E-state index contributed by atoms with van der Waals surface area (Å²) in [4.78, 5) is 6.22. The van der Waals surface area contributed by atoms with Crippen LogP contribution < -0.4 is 52.2 Å². The SMILES string of the molecule is Fc1ccc(N2c3ccccc3B3c4cc5c(cc4Oc4cc(-n6c7ccccc7c7ccc(-c8ccccc8)cc76)cc2c43)N(c2ccccc2)c2cc(-n3c4ccccc4c4ccc(-c6ccccc6)cc43)cc3c2B5c2ccccc2N3c2ccc(F)cc2F)c(F)c1. The lowest BCUT2D eigenvalue weighted by Crippen LogP contribution is -2.64. The maximum atomic E-state index is 17.2. The summed E-state index contributed by atoms with van der Waals surface area (Å²) in [5, 5.41) is 4.29. The minimum atomic E-state index is -0.711. The first-order valence-corrected chi connectivity index (χ1v) is 32.2. The van der Waals surface area contributed by atoms with Gasteiger partial charge in [-0.15, -0.1) is 0 Å². The summed E-state index contributed by atoms with van der Waals surface area (Å²) in [6, 6.07) is 98.3. The van der Waals surface area contributed by atoms with Crippen molar-refractivity contribution in [2.24, 2.45) is 0 Å². The van der Waals surface area contributed by atoms with Crippen LogP contribution in [0.5, 0.6) is 11.5 Å². The third kappa shape index (κ3) is 7.90. The highest BCUT2D eigenvalue weighted by Crippen LogP contribution is 2.50. The van der Waals surface area contributed by atoms with Crippen LogP contribution in [0.2, 0.25) is 0 Å². The number of fused-ring (bicyclic) bond motifs is 14. The Morgan fingerprint density at radius 1 is 0.250 bits per heavy atom. The van der Waals surface area contributed by atoms with Gasteiger partial charge in [0.25, 0.3) is 13.4 Å². The first-order valence-electron chi connectivity index (χ1n) is 32.2. The Morgan fingerprint density at radius 3 is 1.24 bits per heavy atom. The topological polar surface area (TPSA) is 28.8 Å². The van der Waals surface area contributed by atoms with Crippen LogP contribution in [-0.2, 0) is 0 Å². The van der Waals surface area contributed by atoms with E-state index in [1.807, 2.05) is 88.7 Å². The fourth-order valence-corrected chi connectivity index (χ4v) is 16.2. The Labute approximate surface area is 549 Å². The van der Waals surface area contributed by atoms with E-state index in [9.17, 15) is 0 Å². The van der Waals surface area contributed by atoms with Gasteiger partial charge in [-0.1, -0.05) is 182 Å². The molecule has 0 radical (unpaired) electrons. The smallest absolute Gasteiger partial charge is 0.256 e. The molecule has 6 nitrogen and oxygen atoms in total. The van der Waals surface area contributed by atoms with E-state index in [-0.39, 0.29) is 11.4 Å². The number of aromatic nitrogens is 2. The molecule has 4 aliphatic heterocycles. The van der Waals surface area contributed by atoms with Gasteiger partial charge in [0.05, 0.1) is 44.8 Å². The van der Waals surface area contributed by atoms with Crippen LogP contribution in [0.25, 0.3) is 77.2 Å². The molecule has 450 valence electrons. The van der Waals surface area contributed by atoms with Crippen molar-refractivity contribution in [2.75, 3.05) is 14.7 Å². The van der Waals surface area contributed by atoms with Crippen LogP contribution >= 0.6 is 0 Å². The van der Waals surface area contributed by atoms with Crippen molar-refractivity contribution in [2.45, 2.75) is 0 Å². The lowest BCUT2D eigenvalue weighted by atomic mass is 9.30. The van der Waals surface area contributed by atoms with Crippen LogP contribution in [-0.4, -0.2) is 22.6 Å². The van der Waals surface area contributed by atoms with Gasteiger partial charge >= 0.3 is 0 Å². The first kappa shape index (κ1) is 54.3. The van der Waals surface area contributed by atoms with E-state index >= 15 is 17.6 Å². The van der Waals surface area contributed by atoms with Crippen molar-refractivity contribution in [1.82, 2.24) is 9.13 Å². The average Bonchev–Trinajstić information content (AvgIpc) is 0.851. The van der Waals surface area contributed by atoms with Gasteiger partial charge in [-0.2, -0.15) is 0 Å². The largest absolute Gasteiger partial charge is 0.458 e. The molecule has 0 spiro atoms. The molecule has 0 bridgehead atoms. The molecular formula is C84H49B2F4N5O. The summed E-state index contributed by atoms with van der Waals surface area (Å²) < 4.78 is 77.0. The number of para-hydroxylation sites is 5. The van der Waals surface area contributed by atoms with Crippen molar-refractivity contribution in [3.05, 3.63) is 321 Å². The number of hydrogen-bond donors (Lipinski definition) is 0. The normalized spacial score (nSPS) is 13.2. The quantitative estimate of drug-likeness (QED) is 0.117. The number of rotatable bonds is 7. The molecular weight excluding hydrogens is 1190 g/mol. The minimum absolute atomic E-state index is 0.187. The summed E-state index contributed by atoms with van der Waals surface area (Å²) in [5.74, 6) is -1.55. The maximum Gasteiger partial charge on any atom is 0.256 e. The zero-order chi connectivity index (χ0) is 63.6. The summed E-state index contributed by atoms with van der Waals surface area (Å²) in [6.45, 7) is -0.920. The lowest BCUT2D eigenvalue weighted by molar-refractivity contribution is 0.487. The van der Waals surface area contributed by atoms with Gasteiger partial charge in [0.1, 0.15) is 34.8 Å². The molecule has 96 heavy (non-hydrogen) atoms. The van der Waals surface area contributed by atoms with Crippen molar-refractivity contribution in [3.8, 4) is 45.1 Å². The van der Waals surface area contributed by atoms with Crippen molar-refractivity contribution >= 4 is 141 Å². The number of nitrogens with zero attached hydrogens (tertiary/aromatic N) is 5. The zero-order valence-electron chi connectivity index (χ0n) is 51.1. The van der Waals surface area contributed by atoms with Gasteiger partial charge in [-0.3, -0.25) is 0 Å². The fourth-order valence-electron chi connectivity index (χ4n) is 16.2. The second kappa shape index (κ2) is 20.6. The number of hydrogen-bond acceptors (Lipinski definition) is 4. The fraction of sp³-hybridized carbons (Fsp3) is 0.